The predicted molar refractivity (Wildman–Crippen MR) is 99.6 cm³/mol. The van der Waals surface area contributed by atoms with E-state index in [9.17, 15) is 4.55 Å². The van der Waals surface area contributed by atoms with Crippen molar-refractivity contribution in [2.45, 2.75) is 44.4 Å². The van der Waals surface area contributed by atoms with Crippen LogP contribution in [0.3, 0.4) is 0 Å². The van der Waals surface area contributed by atoms with Gasteiger partial charge in [-0.15, -0.1) is 4.31 Å². The minimum Gasteiger partial charge on any atom is -0.597 e. The van der Waals surface area contributed by atoms with Gasteiger partial charge in [-0.1, -0.05) is 23.4 Å². The quantitative estimate of drug-likeness (QED) is 0.136. The van der Waals surface area contributed by atoms with E-state index < -0.39 is 11.4 Å². The zero-order chi connectivity index (χ0) is 17.9. The van der Waals surface area contributed by atoms with Gasteiger partial charge in [0.05, 0.1) is 19.2 Å². The Morgan fingerprint density at radius 3 is 2.83 bits per heavy atom. The lowest BCUT2D eigenvalue weighted by Gasteiger charge is -2.36. The van der Waals surface area contributed by atoms with Gasteiger partial charge >= 0.3 is 0 Å². The molecule has 0 aromatic heterocycles. The van der Waals surface area contributed by atoms with Gasteiger partial charge in [-0.25, -0.2) is 0 Å². The highest BCUT2D eigenvalue weighted by atomic mass is 32.2. The van der Waals surface area contributed by atoms with Crippen LogP contribution >= 0.6 is 12.9 Å². The third kappa shape index (κ3) is 4.00. The largest absolute Gasteiger partial charge is 0.597 e. The molecule has 6 nitrogen and oxygen atoms in total. The number of amidine groups is 1. The number of thiol groups is 1. The summed E-state index contributed by atoms with van der Waals surface area (Å²) in [5.41, 5.74) is 8.67. The molecule has 24 heavy (non-hydrogen) atoms. The lowest BCUT2D eigenvalue weighted by Crippen LogP contribution is -2.45. The zero-order valence-electron chi connectivity index (χ0n) is 14.2. The van der Waals surface area contributed by atoms with Gasteiger partial charge in [-0.3, -0.25) is 0 Å². The van der Waals surface area contributed by atoms with Crippen LogP contribution in [0.5, 0.6) is 0 Å². The minimum atomic E-state index is -1.18. The van der Waals surface area contributed by atoms with E-state index in [1.165, 1.54) is 0 Å². The van der Waals surface area contributed by atoms with Crippen molar-refractivity contribution in [3.63, 3.8) is 0 Å². The van der Waals surface area contributed by atoms with Crippen molar-refractivity contribution < 1.29 is 13.9 Å². The SMILES string of the molecule is CC(C)(C)[S+]([O-])N(CCOS)[C@H]1CCc2c(C(N)=NO)cccc21. The molecular weight excluding hydrogens is 346 g/mol. The molecule has 0 heterocycles. The number of nitrogens with zero attached hydrogens (tertiary/aromatic N) is 2. The second kappa shape index (κ2) is 7.97. The molecule has 134 valence electrons. The van der Waals surface area contributed by atoms with E-state index in [1.807, 2.05) is 43.3 Å². The van der Waals surface area contributed by atoms with Crippen molar-refractivity contribution >= 4 is 30.1 Å². The topological polar surface area (TPSA) is 94.1 Å². The fraction of sp³-hybridized carbons (Fsp3) is 0.562. The Hall–Kier alpha value is -0.930. The summed E-state index contributed by atoms with van der Waals surface area (Å²) in [5.74, 6) is 0.106. The van der Waals surface area contributed by atoms with Gasteiger partial charge in [0.15, 0.2) is 5.84 Å². The summed E-state index contributed by atoms with van der Waals surface area (Å²) >= 11 is 2.62. The maximum atomic E-state index is 13.0. The maximum absolute atomic E-state index is 13.0. The average molecular weight is 372 g/mol. The van der Waals surface area contributed by atoms with E-state index in [0.717, 1.165) is 29.5 Å². The summed E-state index contributed by atoms with van der Waals surface area (Å²) in [7, 11) is 0. The molecule has 0 spiro atoms. The van der Waals surface area contributed by atoms with E-state index in [-0.39, 0.29) is 16.6 Å². The molecule has 1 unspecified atom stereocenters. The molecule has 0 aliphatic heterocycles. The highest BCUT2D eigenvalue weighted by molar-refractivity contribution is 7.90. The fourth-order valence-corrected chi connectivity index (χ4v) is 4.54. The van der Waals surface area contributed by atoms with Gasteiger partial charge in [0, 0.05) is 16.9 Å². The molecule has 8 heteroatoms. The monoisotopic (exact) mass is 371 g/mol. The predicted octanol–water partition coefficient (Wildman–Crippen LogP) is 2.39. The highest BCUT2D eigenvalue weighted by Gasteiger charge is 2.41. The zero-order valence-corrected chi connectivity index (χ0v) is 15.9. The second-order valence-electron chi connectivity index (χ2n) is 6.75. The number of hydrogen-bond donors (Lipinski definition) is 3. The van der Waals surface area contributed by atoms with Crippen molar-refractivity contribution in [3.8, 4) is 0 Å². The smallest absolute Gasteiger partial charge is 0.170 e. The summed E-state index contributed by atoms with van der Waals surface area (Å²) in [6.07, 6.45) is 1.63. The third-order valence-electron chi connectivity index (χ3n) is 4.11. The normalized spacial score (nSPS) is 19.6. The molecule has 1 aliphatic carbocycles. The maximum Gasteiger partial charge on any atom is 0.170 e. The molecule has 1 aromatic rings. The van der Waals surface area contributed by atoms with E-state index in [0.29, 0.717) is 13.2 Å². The number of rotatable bonds is 6. The van der Waals surface area contributed by atoms with Crippen molar-refractivity contribution in [1.82, 2.24) is 4.31 Å². The fourth-order valence-electron chi connectivity index (χ4n) is 3.06. The van der Waals surface area contributed by atoms with E-state index in [4.69, 9.17) is 15.1 Å². The van der Waals surface area contributed by atoms with Gasteiger partial charge in [-0.05, 0) is 57.6 Å². The van der Waals surface area contributed by atoms with E-state index in [1.54, 1.807) is 0 Å². The molecule has 0 saturated heterocycles. The number of fused-ring (bicyclic) bond motifs is 1. The Labute approximate surface area is 152 Å². The standard InChI is InChI=1S/C16H25N3O3S2/c1-16(2,3)24(21)19(9-10-22-23)14-8-7-11-12(14)5-4-6-13(11)15(17)18-20/h4-6,14,20,23H,7-10H2,1-3H3,(H2,17,18)/t14-,24?/m0/s1. The molecule has 1 aliphatic rings. The molecule has 0 radical (unpaired) electrons. The van der Waals surface area contributed by atoms with Gasteiger partial charge in [-0.2, -0.15) is 0 Å². The molecule has 1 aromatic carbocycles. The Morgan fingerprint density at radius 1 is 1.54 bits per heavy atom. The Morgan fingerprint density at radius 2 is 2.25 bits per heavy atom. The van der Waals surface area contributed by atoms with Gasteiger partial charge in [0.1, 0.15) is 4.75 Å². The Bertz CT molecular complexity index is 605. The second-order valence-corrected chi connectivity index (χ2v) is 9.20. The van der Waals surface area contributed by atoms with Crippen LogP contribution in [0.15, 0.2) is 23.4 Å². The summed E-state index contributed by atoms with van der Waals surface area (Å²) in [5, 5.41) is 12.1. The molecule has 0 amide bonds. The number of oxime groups is 1. The van der Waals surface area contributed by atoms with Gasteiger partial charge < -0.3 is 19.7 Å². The molecule has 0 bridgehead atoms. The Kier molecular flexibility index (Phi) is 6.44. The first-order valence-electron chi connectivity index (χ1n) is 7.86. The van der Waals surface area contributed by atoms with E-state index >= 15 is 0 Å². The van der Waals surface area contributed by atoms with Crippen molar-refractivity contribution in [2.75, 3.05) is 13.2 Å². The van der Waals surface area contributed by atoms with Gasteiger partial charge in [0.2, 0.25) is 0 Å². The molecule has 2 rings (SSSR count). The number of hydrogen-bond acceptors (Lipinski definition) is 6. The van der Waals surface area contributed by atoms with Crippen molar-refractivity contribution in [2.24, 2.45) is 10.9 Å². The first kappa shape index (κ1) is 19.4. The van der Waals surface area contributed by atoms with Crippen LogP contribution in [-0.2, 0) is 22.0 Å². The summed E-state index contributed by atoms with van der Waals surface area (Å²) in [6.45, 7) is 6.78. The van der Waals surface area contributed by atoms with Crippen LogP contribution < -0.4 is 5.73 Å². The number of benzene rings is 1. The minimum absolute atomic E-state index is 0.00924. The molecule has 3 N–H and O–H groups in total. The lowest BCUT2D eigenvalue weighted by molar-refractivity contribution is 0.260. The van der Waals surface area contributed by atoms with Crippen molar-refractivity contribution in [1.29, 1.82) is 0 Å². The Balaban J connectivity index is 2.39. The van der Waals surface area contributed by atoms with Gasteiger partial charge in [0.25, 0.3) is 0 Å². The van der Waals surface area contributed by atoms with Crippen LogP contribution in [0.1, 0.15) is 49.9 Å². The van der Waals surface area contributed by atoms with E-state index in [2.05, 4.69) is 18.1 Å². The average Bonchev–Trinajstić information content (AvgIpc) is 2.97. The number of nitrogens with two attached hydrogens (primary N) is 1. The first-order valence-corrected chi connectivity index (χ1v) is 9.33. The summed E-state index contributed by atoms with van der Waals surface area (Å²) in [4.78, 5) is 0. The van der Waals surface area contributed by atoms with Crippen LogP contribution in [0.25, 0.3) is 0 Å². The van der Waals surface area contributed by atoms with Crippen LogP contribution in [0, 0.1) is 0 Å². The lowest BCUT2D eigenvalue weighted by atomic mass is 10.0. The highest BCUT2D eigenvalue weighted by Crippen LogP contribution is 2.40. The molecule has 0 fully saturated rings. The van der Waals surface area contributed by atoms with Crippen molar-refractivity contribution in [3.05, 3.63) is 34.9 Å². The van der Waals surface area contributed by atoms with Crippen LogP contribution in [0.4, 0.5) is 0 Å². The summed E-state index contributed by atoms with van der Waals surface area (Å²) in [6, 6.07) is 5.76. The first-order chi connectivity index (χ1) is 11.3. The molecule has 0 saturated carbocycles. The van der Waals surface area contributed by atoms with Crippen LogP contribution in [0.2, 0.25) is 0 Å². The third-order valence-corrected chi connectivity index (χ3v) is 6.20. The van der Waals surface area contributed by atoms with Crippen LogP contribution in [-0.4, -0.2) is 37.8 Å². The molecular formula is C16H25N3O3S2. The molecule has 2 atom stereocenters. The summed E-state index contributed by atoms with van der Waals surface area (Å²) < 4.78 is 19.5.